The third kappa shape index (κ3) is 11.5. The van der Waals surface area contributed by atoms with Crippen LogP contribution >= 0.6 is 7.14 Å². The van der Waals surface area contributed by atoms with E-state index in [4.69, 9.17) is 25.3 Å². The quantitative estimate of drug-likeness (QED) is 0.0344. The van der Waals surface area contributed by atoms with Crippen LogP contribution in [-0.2, 0) is 20.5 Å². The Morgan fingerprint density at radius 1 is 0.764 bits per heavy atom. The van der Waals surface area contributed by atoms with Gasteiger partial charge in [0.2, 0.25) is 5.78 Å². The van der Waals surface area contributed by atoms with Crippen molar-refractivity contribution >= 4 is 46.0 Å². The second-order valence-corrected chi connectivity index (χ2v) is 19.4. The second-order valence-electron chi connectivity index (χ2n) is 15.8. The number of ketones is 1. The second kappa shape index (κ2) is 22.0. The molecule has 10 nitrogen and oxygen atoms in total. The van der Waals surface area contributed by atoms with Gasteiger partial charge in [-0.1, -0.05) is 130 Å². The summed E-state index contributed by atoms with van der Waals surface area (Å²) < 4.78 is 21.0. The average molecular weight is 779 g/mol. The minimum absolute atomic E-state index is 0.0868. The predicted octanol–water partition coefficient (Wildman–Crippen LogP) is 9.36. The maximum absolute atomic E-state index is 13.5. The molecular formula is C44H71N6O4P. The van der Waals surface area contributed by atoms with Crippen molar-refractivity contribution in [2.75, 3.05) is 37.8 Å². The minimum atomic E-state index is -2.47. The van der Waals surface area contributed by atoms with E-state index in [0.29, 0.717) is 35.8 Å². The number of nitrogens with two attached hydrogens (primary N) is 1. The number of hydrogen-bond donors (Lipinski definition) is 3. The van der Waals surface area contributed by atoms with E-state index < -0.39 is 7.14 Å². The van der Waals surface area contributed by atoms with Crippen molar-refractivity contribution < 1.29 is 18.9 Å². The number of nitrogens with zero attached hydrogens (tertiary/aromatic N) is 3. The smallest absolute Gasteiger partial charge is 0.212 e. The summed E-state index contributed by atoms with van der Waals surface area (Å²) in [5.74, 6) is 1.28. The maximum Gasteiger partial charge on any atom is 0.212 e. The van der Waals surface area contributed by atoms with E-state index in [1.807, 2.05) is 36.8 Å². The van der Waals surface area contributed by atoms with Crippen LogP contribution in [0.1, 0.15) is 156 Å². The van der Waals surface area contributed by atoms with Gasteiger partial charge in [0.15, 0.2) is 11.9 Å². The van der Waals surface area contributed by atoms with E-state index in [0.717, 1.165) is 85.0 Å². The van der Waals surface area contributed by atoms with Crippen molar-refractivity contribution in [2.24, 2.45) is 0 Å². The van der Waals surface area contributed by atoms with Gasteiger partial charge in [0.1, 0.15) is 42.4 Å². The number of carbonyl (C=O) groups is 1. The molecule has 1 saturated heterocycles. The first kappa shape index (κ1) is 43.0. The lowest BCUT2D eigenvalue weighted by Gasteiger charge is -2.16. The van der Waals surface area contributed by atoms with E-state index in [1.165, 1.54) is 89.9 Å². The number of imidazole rings is 1. The van der Waals surface area contributed by atoms with Crippen molar-refractivity contribution in [3.63, 3.8) is 0 Å². The highest BCUT2D eigenvalue weighted by Gasteiger charge is 2.56. The number of carbonyl (C=O) groups excluding carboxylic acids is 1. The zero-order valence-corrected chi connectivity index (χ0v) is 35.5. The van der Waals surface area contributed by atoms with Gasteiger partial charge in [-0.05, 0) is 37.8 Å². The van der Waals surface area contributed by atoms with Crippen molar-refractivity contribution in [3.8, 4) is 0 Å². The standard InChI is InChI=1S/C44H71N6O4P/c1-5-9-11-12-13-14-15-16-17-18-19-20-21-22-23-29-46-37-38(42-43(54-42)41(37)51)47-30-24-25-31-53-50-36(26-10-6-2)49-39-40(50)34-28-27-33(55(52,7-3)8-4)32-35(34)48-44(39)45/h27-28,32,42-43,46-47H,5-26,29-31H2,1-4H3,(H2,45,48). The molecule has 1 aliphatic heterocycles. The SMILES string of the molecule is CCCCCCCCCCCCCCCCCNC1=C(NCCCCOn2c(CCCC)nc3c(N)nc4cc(P(=O)(CC)CC)ccc4c32)C2OC2C1=O. The fourth-order valence-electron chi connectivity index (χ4n) is 7.97. The van der Waals surface area contributed by atoms with Gasteiger partial charge in [-0.3, -0.25) is 4.79 Å². The largest absolute Gasteiger partial charge is 0.412 e. The minimum Gasteiger partial charge on any atom is -0.412 e. The number of Topliss-reactive ketones (excluding diaryl/α,β-unsaturated/α-hetero) is 1. The van der Waals surface area contributed by atoms with Gasteiger partial charge in [0, 0.05) is 42.5 Å². The van der Waals surface area contributed by atoms with E-state index in [1.54, 1.807) is 0 Å². The first-order valence-corrected chi connectivity index (χ1v) is 24.2. The molecule has 306 valence electrons. The number of aryl methyl sites for hydroxylation is 1. The number of ether oxygens (including phenoxy) is 1. The lowest BCUT2D eigenvalue weighted by atomic mass is 10.0. The summed E-state index contributed by atoms with van der Waals surface area (Å²) in [6.45, 7) is 10.5. The molecule has 0 saturated carbocycles. The zero-order chi connectivity index (χ0) is 39.0. The molecule has 3 aromatic rings. The van der Waals surface area contributed by atoms with Crippen LogP contribution in [0, 0.1) is 0 Å². The molecule has 55 heavy (non-hydrogen) atoms. The van der Waals surface area contributed by atoms with Gasteiger partial charge in [-0.15, -0.1) is 0 Å². The topological polar surface area (TPSA) is 137 Å². The fraction of sp³-hybridized carbons (Fsp3) is 0.705. The summed E-state index contributed by atoms with van der Waals surface area (Å²) in [7, 11) is -2.47. The molecule has 1 aromatic carbocycles. The molecule has 0 spiro atoms. The number of fused-ring (bicyclic) bond motifs is 4. The van der Waals surface area contributed by atoms with Crippen molar-refractivity contribution in [1.29, 1.82) is 0 Å². The van der Waals surface area contributed by atoms with Crippen LogP contribution in [0.3, 0.4) is 0 Å². The Morgan fingerprint density at radius 3 is 2.00 bits per heavy atom. The molecule has 2 aromatic heterocycles. The van der Waals surface area contributed by atoms with E-state index in [-0.39, 0.29) is 18.0 Å². The van der Waals surface area contributed by atoms with E-state index in [9.17, 15) is 9.36 Å². The number of hydrogen-bond acceptors (Lipinski definition) is 9. The Balaban J connectivity index is 1.05. The Labute approximate surface area is 330 Å². The van der Waals surface area contributed by atoms with Gasteiger partial charge in [-0.2, -0.15) is 4.73 Å². The highest BCUT2D eigenvalue weighted by atomic mass is 31.2. The van der Waals surface area contributed by atoms with Crippen LogP contribution in [0.15, 0.2) is 29.6 Å². The summed E-state index contributed by atoms with van der Waals surface area (Å²) >= 11 is 0. The third-order valence-electron chi connectivity index (χ3n) is 11.6. The van der Waals surface area contributed by atoms with E-state index in [2.05, 4.69) is 24.5 Å². The Hall–Kier alpha value is -3.10. The monoisotopic (exact) mass is 779 g/mol. The number of nitrogen functional groups attached to an aromatic ring is 1. The van der Waals surface area contributed by atoms with Crippen LogP contribution in [0.4, 0.5) is 5.82 Å². The summed E-state index contributed by atoms with van der Waals surface area (Å²) in [4.78, 5) is 28.9. The molecule has 4 N–H and O–H groups in total. The van der Waals surface area contributed by atoms with Crippen LogP contribution in [0.2, 0.25) is 0 Å². The number of benzene rings is 1. The zero-order valence-electron chi connectivity index (χ0n) is 34.6. The van der Waals surface area contributed by atoms with Gasteiger partial charge < -0.3 is 30.5 Å². The van der Waals surface area contributed by atoms with Gasteiger partial charge in [-0.25, -0.2) is 9.97 Å². The van der Waals surface area contributed by atoms with Gasteiger partial charge >= 0.3 is 0 Å². The number of rotatable bonds is 30. The molecule has 2 atom stereocenters. The Morgan fingerprint density at radius 2 is 1.36 bits per heavy atom. The normalized spacial score (nSPS) is 16.8. The van der Waals surface area contributed by atoms with Crippen LogP contribution in [0.5, 0.6) is 0 Å². The van der Waals surface area contributed by atoms with Gasteiger partial charge in [0.05, 0.1) is 11.2 Å². The molecule has 1 aliphatic carbocycles. The lowest BCUT2D eigenvalue weighted by Crippen LogP contribution is -2.28. The summed E-state index contributed by atoms with van der Waals surface area (Å²) in [6, 6.07) is 5.91. The molecular weight excluding hydrogens is 707 g/mol. The van der Waals surface area contributed by atoms with Gasteiger partial charge in [0.25, 0.3) is 0 Å². The van der Waals surface area contributed by atoms with Crippen molar-refractivity contribution in [1.82, 2.24) is 25.3 Å². The molecule has 5 rings (SSSR count). The summed E-state index contributed by atoms with van der Waals surface area (Å²) in [6.07, 6.45) is 25.4. The number of unbranched alkanes of at least 4 members (excludes halogenated alkanes) is 16. The lowest BCUT2D eigenvalue weighted by molar-refractivity contribution is -0.117. The van der Waals surface area contributed by atoms with Crippen LogP contribution in [-0.4, -0.2) is 64.7 Å². The highest BCUT2D eigenvalue weighted by molar-refractivity contribution is 7.71. The molecule has 0 amide bonds. The molecule has 2 unspecified atom stereocenters. The average Bonchev–Trinajstić information content (AvgIpc) is 3.84. The highest BCUT2D eigenvalue weighted by Crippen LogP contribution is 2.44. The number of anilines is 1. The third-order valence-corrected chi connectivity index (χ3v) is 14.9. The molecule has 3 heterocycles. The van der Waals surface area contributed by atoms with E-state index >= 15 is 0 Å². The predicted molar refractivity (Wildman–Crippen MR) is 229 cm³/mol. The first-order chi connectivity index (χ1) is 26.9. The van der Waals surface area contributed by atoms with Crippen LogP contribution < -0.4 is 26.5 Å². The molecule has 1 fully saturated rings. The maximum atomic E-state index is 13.5. The molecule has 11 heteroatoms. The number of epoxide rings is 1. The number of aromatic nitrogens is 3. The Bertz CT molecular complexity index is 1750. The molecule has 0 radical (unpaired) electrons. The van der Waals surface area contributed by atoms with Crippen LogP contribution in [0.25, 0.3) is 21.9 Å². The van der Waals surface area contributed by atoms with Crippen molar-refractivity contribution in [3.05, 3.63) is 35.4 Å². The summed E-state index contributed by atoms with van der Waals surface area (Å²) in [5.41, 5.74) is 10.3. The van der Waals surface area contributed by atoms with Crippen molar-refractivity contribution in [2.45, 2.75) is 168 Å². The fourth-order valence-corrected chi connectivity index (χ4v) is 9.85. The summed E-state index contributed by atoms with van der Waals surface area (Å²) in [5, 5.41) is 8.72. The molecule has 0 bridgehead atoms. The number of nitrogens with one attached hydrogen (secondary N) is 2. The number of pyridine rings is 1. The molecule has 2 aliphatic rings. The Kier molecular flexibility index (Phi) is 17.2. The first-order valence-electron chi connectivity index (χ1n) is 22.1.